The molecule has 8 heteroatoms. The van der Waals surface area contributed by atoms with Crippen molar-refractivity contribution < 1.29 is 19.1 Å². The van der Waals surface area contributed by atoms with E-state index in [0.717, 1.165) is 10.4 Å². The molecule has 0 unspecified atom stereocenters. The number of ketones is 1. The van der Waals surface area contributed by atoms with E-state index in [1.165, 1.54) is 11.3 Å². The van der Waals surface area contributed by atoms with Crippen LogP contribution in [0.1, 0.15) is 49.5 Å². The number of rotatable bonds is 5. The van der Waals surface area contributed by atoms with Crippen LogP contribution in [0, 0.1) is 27.7 Å². The Morgan fingerprint density at radius 2 is 1.80 bits per heavy atom. The molecule has 0 aliphatic rings. The smallest absolute Gasteiger partial charge is 0.341 e. The number of hydrogen-bond acceptors (Lipinski definition) is 6. The molecule has 0 bridgehead atoms. The van der Waals surface area contributed by atoms with Crippen molar-refractivity contribution in [1.82, 2.24) is 9.78 Å². The number of esters is 1. The molecule has 25 heavy (non-hydrogen) atoms. The number of thiophene rings is 1. The molecule has 2 rings (SSSR count). The van der Waals surface area contributed by atoms with E-state index < -0.39 is 17.7 Å². The number of carbonyl (C=O) groups is 3. The maximum absolute atomic E-state index is 12.5. The van der Waals surface area contributed by atoms with Gasteiger partial charge in [-0.05, 0) is 40.2 Å². The van der Waals surface area contributed by atoms with Gasteiger partial charge >= 0.3 is 5.97 Å². The molecular weight excluding hydrogens is 342 g/mol. The fourth-order valence-corrected chi connectivity index (χ4v) is 3.58. The molecule has 0 aromatic carbocycles. The van der Waals surface area contributed by atoms with E-state index in [1.807, 2.05) is 6.92 Å². The molecular formula is C17H21N3O4S. The first-order valence-corrected chi connectivity index (χ1v) is 8.63. The van der Waals surface area contributed by atoms with Gasteiger partial charge in [0.25, 0.3) is 11.7 Å². The van der Waals surface area contributed by atoms with Crippen LogP contribution in [0.2, 0.25) is 0 Å². The van der Waals surface area contributed by atoms with Crippen molar-refractivity contribution in [3.05, 3.63) is 33.0 Å². The first kappa shape index (κ1) is 18.9. The Bertz CT molecular complexity index is 864. The van der Waals surface area contributed by atoms with Crippen LogP contribution in [0.15, 0.2) is 0 Å². The van der Waals surface area contributed by atoms with Gasteiger partial charge in [0.1, 0.15) is 5.00 Å². The van der Waals surface area contributed by atoms with Gasteiger partial charge in [-0.15, -0.1) is 11.3 Å². The van der Waals surface area contributed by atoms with E-state index in [4.69, 9.17) is 4.74 Å². The van der Waals surface area contributed by atoms with E-state index >= 15 is 0 Å². The van der Waals surface area contributed by atoms with Crippen LogP contribution in [-0.2, 0) is 16.6 Å². The van der Waals surface area contributed by atoms with Crippen molar-refractivity contribution in [3.63, 3.8) is 0 Å². The second kappa shape index (κ2) is 7.18. The maximum Gasteiger partial charge on any atom is 0.341 e. The number of Topliss-reactive ketones (excluding diaryl/α,β-unsaturated/α-hetero) is 1. The predicted octanol–water partition coefficient (Wildman–Crippen LogP) is 2.71. The molecule has 0 spiro atoms. The van der Waals surface area contributed by atoms with Crippen molar-refractivity contribution in [2.75, 3.05) is 11.9 Å². The summed E-state index contributed by atoms with van der Waals surface area (Å²) in [6.07, 6.45) is 0. The zero-order valence-electron chi connectivity index (χ0n) is 15.1. The highest BCUT2D eigenvalue weighted by Gasteiger charge is 2.27. The summed E-state index contributed by atoms with van der Waals surface area (Å²) in [5.74, 6) is -1.99. The summed E-state index contributed by atoms with van der Waals surface area (Å²) in [4.78, 5) is 38.0. The van der Waals surface area contributed by atoms with Crippen LogP contribution >= 0.6 is 11.3 Å². The fourth-order valence-electron chi connectivity index (χ4n) is 2.54. The summed E-state index contributed by atoms with van der Waals surface area (Å²) < 4.78 is 6.60. The van der Waals surface area contributed by atoms with Gasteiger partial charge in [0, 0.05) is 17.6 Å². The highest BCUT2D eigenvalue weighted by molar-refractivity contribution is 7.17. The van der Waals surface area contributed by atoms with Crippen LogP contribution in [0.5, 0.6) is 0 Å². The number of aromatic nitrogens is 2. The van der Waals surface area contributed by atoms with Gasteiger partial charge in [-0.2, -0.15) is 5.10 Å². The summed E-state index contributed by atoms with van der Waals surface area (Å²) in [7, 11) is 1.71. The third-order valence-electron chi connectivity index (χ3n) is 4.03. The zero-order chi connectivity index (χ0) is 18.9. The monoisotopic (exact) mass is 363 g/mol. The number of nitrogens with zero attached hydrogens (tertiary/aromatic N) is 2. The minimum absolute atomic E-state index is 0.230. The molecule has 0 radical (unpaired) electrons. The lowest BCUT2D eigenvalue weighted by molar-refractivity contribution is -0.112. The third-order valence-corrected chi connectivity index (χ3v) is 5.16. The van der Waals surface area contributed by atoms with E-state index in [-0.39, 0.29) is 12.2 Å². The Balaban J connectivity index is 2.33. The zero-order valence-corrected chi connectivity index (χ0v) is 16.0. The normalized spacial score (nSPS) is 10.6. The highest BCUT2D eigenvalue weighted by atomic mass is 32.1. The molecule has 1 N–H and O–H groups in total. The van der Waals surface area contributed by atoms with E-state index in [1.54, 1.807) is 39.4 Å². The molecule has 0 saturated heterocycles. The van der Waals surface area contributed by atoms with Gasteiger partial charge in [0.2, 0.25) is 0 Å². The minimum Gasteiger partial charge on any atom is -0.462 e. The second-order valence-electron chi connectivity index (χ2n) is 5.66. The SMILES string of the molecule is CCOC(=O)c1c(NC(=O)C(=O)c2c(C)nn(C)c2C)sc(C)c1C. The number of amides is 1. The first-order chi connectivity index (χ1) is 11.7. The topological polar surface area (TPSA) is 90.3 Å². The standard InChI is InChI=1S/C17H21N3O4S/c1-7-24-17(23)12-8(2)11(5)25-16(12)18-15(22)14(21)13-9(3)19-20(6)10(13)4/h7H2,1-6H3,(H,18,22). The van der Waals surface area contributed by atoms with Gasteiger partial charge < -0.3 is 10.1 Å². The average molecular weight is 363 g/mol. The van der Waals surface area contributed by atoms with Crippen molar-refractivity contribution in [3.8, 4) is 0 Å². The largest absolute Gasteiger partial charge is 0.462 e. The van der Waals surface area contributed by atoms with E-state index in [0.29, 0.717) is 22.0 Å². The Kier molecular flexibility index (Phi) is 5.42. The lowest BCUT2D eigenvalue weighted by atomic mass is 10.1. The molecule has 0 aliphatic heterocycles. The van der Waals surface area contributed by atoms with Crippen LogP contribution in [-0.4, -0.2) is 34.0 Å². The molecule has 0 fully saturated rings. The van der Waals surface area contributed by atoms with Gasteiger partial charge in [-0.1, -0.05) is 0 Å². The molecule has 1 amide bonds. The number of nitrogens with one attached hydrogen (secondary N) is 1. The molecule has 2 aromatic rings. The Hall–Kier alpha value is -2.48. The molecule has 134 valence electrons. The summed E-state index contributed by atoms with van der Waals surface area (Å²) in [6.45, 7) is 8.97. The molecule has 7 nitrogen and oxygen atoms in total. The van der Waals surface area contributed by atoms with Crippen molar-refractivity contribution in [2.45, 2.75) is 34.6 Å². The van der Waals surface area contributed by atoms with Crippen molar-refractivity contribution in [1.29, 1.82) is 0 Å². The number of ether oxygens (including phenoxy) is 1. The molecule has 0 atom stereocenters. The molecule has 2 aromatic heterocycles. The molecule has 2 heterocycles. The lowest BCUT2D eigenvalue weighted by Gasteiger charge is -2.07. The Labute approximate surface area is 150 Å². The van der Waals surface area contributed by atoms with Crippen LogP contribution in [0.4, 0.5) is 5.00 Å². The van der Waals surface area contributed by atoms with Crippen LogP contribution in [0.25, 0.3) is 0 Å². The molecule has 0 aliphatic carbocycles. The van der Waals surface area contributed by atoms with E-state index in [2.05, 4.69) is 10.4 Å². The summed E-state index contributed by atoms with van der Waals surface area (Å²) >= 11 is 1.24. The van der Waals surface area contributed by atoms with Gasteiger partial charge in [-0.3, -0.25) is 14.3 Å². The highest BCUT2D eigenvalue weighted by Crippen LogP contribution is 2.33. The second-order valence-corrected chi connectivity index (χ2v) is 6.89. The summed E-state index contributed by atoms with van der Waals surface area (Å²) in [6, 6.07) is 0. The number of aryl methyl sites for hydroxylation is 3. The van der Waals surface area contributed by atoms with Crippen LogP contribution in [0.3, 0.4) is 0 Å². The third kappa shape index (κ3) is 3.48. The number of anilines is 1. The fraction of sp³-hybridized carbons (Fsp3) is 0.412. The minimum atomic E-state index is -0.800. The van der Waals surface area contributed by atoms with Gasteiger partial charge in [0.15, 0.2) is 0 Å². The van der Waals surface area contributed by atoms with E-state index in [9.17, 15) is 14.4 Å². The predicted molar refractivity (Wildman–Crippen MR) is 95.4 cm³/mol. The Morgan fingerprint density at radius 3 is 2.32 bits per heavy atom. The van der Waals surface area contributed by atoms with Crippen molar-refractivity contribution in [2.24, 2.45) is 7.05 Å². The average Bonchev–Trinajstić information content (AvgIpc) is 2.95. The quantitative estimate of drug-likeness (QED) is 0.501. The summed E-state index contributed by atoms with van der Waals surface area (Å²) in [5.41, 5.74) is 2.42. The first-order valence-electron chi connectivity index (χ1n) is 7.81. The maximum atomic E-state index is 12.5. The Morgan fingerprint density at radius 1 is 1.16 bits per heavy atom. The summed E-state index contributed by atoms with van der Waals surface area (Å²) in [5, 5.41) is 7.04. The van der Waals surface area contributed by atoms with Crippen molar-refractivity contribution >= 4 is 34.0 Å². The van der Waals surface area contributed by atoms with Crippen LogP contribution < -0.4 is 5.32 Å². The number of carbonyl (C=O) groups excluding carboxylic acids is 3. The molecule has 0 saturated carbocycles. The lowest BCUT2D eigenvalue weighted by Crippen LogP contribution is -2.24. The number of hydrogen-bond donors (Lipinski definition) is 1. The van der Waals surface area contributed by atoms with Gasteiger partial charge in [-0.25, -0.2) is 4.79 Å². The van der Waals surface area contributed by atoms with Gasteiger partial charge in [0.05, 0.1) is 23.4 Å².